The molecule has 1 aromatic heterocycles. The van der Waals surface area contributed by atoms with Crippen molar-refractivity contribution in [3.63, 3.8) is 0 Å². The number of aryl methyl sites for hydroxylation is 1. The van der Waals surface area contributed by atoms with Crippen LogP contribution in [0.2, 0.25) is 0 Å². The highest BCUT2D eigenvalue weighted by Gasteiger charge is 2.34. The minimum Gasteiger partial charge on any atom is -0.390 e. The standard InChI is InChI=1S/C22H32N6O/c1-17-15-24-22(25-21(17)23)28-10-8-19(20(29)16-28)27-13-11-26(12-14-27)9-7-18-5-3-2-4-6-18/h2-6,15,19-20,29H,7-14,16H2,1H3,(H2,23,24,25)/t19-,20-/m1/s1. The molecule has 0 bridgehead atoms. The van der Waals surface area contributed by atoms with Crippen molar-refractivity contribution in [1.82, 2.24) is 19.8 Å². The summed E-state index contributed by atoms with van der Waals surface area (Å²) < 4.78 is 0. The molecular weight excluding hydrogens is 364 g/mol. The van der Waals surface area contributed by atoms with Gasteiger partial charge in [0.25, 0.3) is 0 Å². The zero-order chi connectivity index (χ0) is 20.2. The number of nitrogens with zero attached hydrogens (tertiary/aromatic N) is 5. The number of β-amino-alcohol motifs (C(OH)–C–C–N with tert-alkyl or cyclic N) is 1. The largest absolute Gasteiger partial charge is 0.390 e. The van der Waals surface area contributed by atoms with Crippen molar-refractivity contribution in [1.29, 1.82) is 0 Å². The van der Waals surface area contributed by atoms with E-state index < -0.39 is 6.10 Å². The van der Waals surface area contributed by atoms with Gasteiger partial charge in [0.2, 0.25) is 5.95 Å². The Morgan fingerprint density at radius 1 is 1.10 bits per heavy atom. The number of rotatable bonds is 5. The first-order valence-corrected chi connectivity index (χ1v) is 10.6. The van der Waals surface area contributed by atoms with Crippen LogP contribution in [0.3, 0.4) is 0 Å². The van der Waals surface area contributed by atoms with E-state index in [1.807, 2.05) is 11.8 Å². The van der Waals surface area contributed by atoms with E-state index in [9.17, 15) is 5.11 Å². The lowest BCUT2D eigenvalue weighted by molar-refractivity contribution is 0.00954. The van der Waals surface area contributed by atoms with Crippen LogP contribution in [-0.4, -0.2) is 82.8 Å². The quantitative estimate of drug-likeness (QED) is 0.785. The van der Waals surface area contributed by atoms with Gasteiger partial charge in [0, 0.05) is 63.6 Å². The van der Waals surface area contributed by atoms with Crippen LogP contribution in [0.25, 0.3) is 0 Å². The Morgan fingerprint density at radius 2 is 1.86 bits per heavy atom. The number of nitrogens with two attached hydrogens (primary N) is 1. The summed E-state index contributed by atoms with van der Waals surface area (Å²) in [6, 6.07) is 10.9. The van der Waals surface area contributed by atoms with Gasteiger partial charge >= 0.3 is 0 Å². The predicted molar refractivity (Wildman–Crippen MR) is 116 cm³/mol. The van der Waals surface area contributed by atoms with Crippen molar-refractivity contribution >= 4 is 11.8 Å². The maximum atomic E-state index is 10.8. The van der Waals surface area contributed by atoms with Crippen LogP contribution in [0.5, 0.6) is 0 Å². The second kappa shape index (κ2) is 9.07. The Hall–Kier alpha value is -2.22. The Labute approximate surface area is 173 Å². The average Bonchev–Trinajstić information content (AvgIpc) is 2.75. The minimum absolute atomic E-state index is 0.213. The van der Waals surface area contributed by atoms with Gasteiger partial charge < -0.3 is 20.6 Å². The van der Waals surface area contributed by atoms with E-state index in [1.54, 1.807) is 6.20 Å². The van der Waals surface area contributed by atoms with Crippen LogP contribution in [0.15, 0.2) is 36.5 Å². The van der Waals surface area contributed by atoms with E-state index in [4.69, 9.17) is 5.73 Å². The summed E-state index contributed by atoms with van der Waals surface area (Å²) in [6.45, 7) is 8.58. The number of benzene rings is 1. The first kappa shape index (κ1) is 20.1. The minimum atomic E-state index is -0.397. The normalized spacial score (nSPS) is 24.0. The topological polar surface area (TPSA) is 81.8 Å². The van der Waals surface area contributed by atoms with E-state index in [1.165, 1.54) is 5.56 Å². The second-order valence-corrected chi connectivity index (χ2v) is 8.22. The third-order valence-electron chi connectivity index (χ3n) is 6.26. The van der Waals surface area contributed by atoms with Crippen molar-refractivity contribution in [3.8, 4) is 0 Å². The Bertz CT molecular complexity index is 793. The number of nitrogen functional groups attached to an aromatic ring is 1. The summed E-state index contributed by atoms with van der Waals surface area (Å²) in [7, 11) is 0. The van der Waals surface area contributed by atoms with Crippen molar-refractivity contribution < 1.29 is 5.11 Å². The summed E-state index contributed by atoms with van der Waals surface area (Å²) in [6.07, 6.45) is 3.38. The van der Waals surface area contributed by atoms with E-state index in [-0.39, 0.29) is 6.04 Å². The molecule has 2 saturated heterocycles. The zero-order valence-electron chi connectivity index (χ0n) is 17.2. The fourth-order valence-corrected chi connectivity index (χ4v) is 4.38. The van der Waals surface area contributed by atoms with Crippen molar-refractivity contribution in [2.75, 3.05) is 56.4 Å². The van der Waals surface area contributed by atoms with E-state index in [2.05, 4.69) is 50.1 Å². The lowest BCUT2D eigenvalue weighted by Gasteiger charge is -2.45. The third-order valence-corrected chi connectivity index (χ3v) is 6.26. The van der Waals surface area contributed by atoms with Gasteiger partial charge in [0.15, 0.2) is 0 Å². The molecule has 1 aromatic carbocycles. The first-order chi connectivity index (χ1) is 14.1. The Morgan fingerprint density at radius 3 is 2.55 bits per heavy atom. The maximum absolute atomic E-state index is 10.8. The molecule has 3 heterocycles. The smallest absolute Gasteiger partial charge is 0.227 e. The molecular formula is C22H32N6O. The molecule has 0 unspecified atom stereocenters. The number of hydrogen-bond donors (Lipinski definition) is 2. The number of piperazine rings is 1. The highest BCUT2D eigenvalue weighted by Crippen LogP contribution is 2.22. The van der Waals surface area contributed by atoms with Crippen LogP contribution in [0.1, 0.15) is 17.5 Å². The first-order valence-electron chi connectivity index (χ1n) is 10.6. The summed E-state index contributed by atoms with van der Waals surface area (Å²) in [5.41, 5.74) is 8.21. The monoisotopic (exact) mass is 396 g/mol. The molecule has 0 saturated carbocycles. The molecule has 29 heavy (non-hydrogen) atoms. The van der Waals surface area contributed by atoms with Gasteiger partial charge in [-0.05, 0) is 25.3 Å². The van der Waals surface area contributed by atoms with Crippen molar-refractivity contribution in [2.24, 2.45) is 0 Å². The highest BCUT2D eigenvalue weighted by atomic mass is 16.3. The van der Waals surface area contributed by atoms with Gasteiger partial charge in [-0.3, -0.25) is 4.90 Å². The third kappa shape index (κ3) is 4.86. The summed E-state index contributed by atoms with van der Waals surface area (Å²) in [5.74, 6) is 1.13. The second-order valence-electron chi connectivity index (χ2n) is 8.22. The molecule has 0 radical (unpaired) electrons. The molecule has 4 rings (SSSR count). The molecule has 7 heteroatoms. The predicted octanol–water partition coefficient (Wildman–Crippen LogP) is 1.17. The number of hydrogen-bond acceptors (Lipinski definition) is 7. The van der Waals surface area contributed by atoms with Crippen molar-refractivity contribution in [3.05, 3.63) is 47.7 Å². The summed E-state index contributed by atoms with van der Waals surface area (Å²) in [5, 5.41) is 10.8. The van der Waals surface area contributed by atoms with E-state index in [0.29, 0.717) is 18.3 Å². The number of aliphatic hydroxyl groups excluding tert-OH is 1. The van der Waals surface area contributed by atoms with Gasteiger partial charge in [-0.1, -0.05) is 30.3 Å². The van der Waals surface area contributed by atoms with Crippen LogP contribution in [0, 0.1) is 6.92 Å². The molecule has 2 aliphatic heterocycles. The molecule has 0 aliphatic carbocycles. The van der Waals surface area contributed by atoms with Crippen LogP contribution < -0.4 is 10.6 Å². The average molecular weight is 397 g/mol. The number of aromatic nitrogens is 2. The summed E-state index contributed by atoms with van der Waals surface area (Å²) in [4.78, 5) is 15.8. The van der Waals surface area contributed by atoms with Gasteiger partial charge in [-0.2, -0.15) is 4.98 Å². The fraction of sp³-hybridized carbons (Fsp3) is 0.545. The SMILES string of the molecule is Cc1cnc(N2CC[C@@H](N3CCN(CCc4ccccc4)CC3)[C@H](O)C2)nc1N. The zero-order valence-corrected chi connectivity index (χ0v) is 17.2. The van der Waals surface area contributed by atoms with Gasteiger partial charge in [-0.15, -0.1) is 0 Å². The van der Waals surface area contributed by atoms with Crippen LogP contribution in [-0.2, 0) is 6.42 Å². The van der Waals surface area contributed by atoms with E-state index >= 15 is 0 Å². The number of anilines is 2. The Balaban J connectivity index is 1.26. The summed E-state index contributed by atoms with van der Waals surface area (Å²) >= 11 is 0. The van der Waals surface area contributed by atoms with Crippen molar-refractivity contribution in [2.45, 2.75) is 31.9 Å². The molecule has 0 amide bonds. The lowest BCUT2D eigenvalue weighted by Crippen LogP contribution is -2.59. The lowest BCUT2D eigenvalue weighted by atomic mass is 9.99. The molecule has 2 aromatic rings. The molecule has 7 nitrogen and oxygen atoms in total. The van der Waals surface area contributed by atoms with Gasteiger partial charge in [0.1, 0.15) is 5.82 Å². The van der Waals surface area contributed by atoms with Gasteiger partial charge in [-0.25, -0.2) is 4.98 Å². The van der Waals surface area contributed by atoms with Crippen LogP contribution >= 0.6 is 0 Å². The van der Waals surface area contributed by atoms with Gasteiger partial charge in [0.05, 0.1) is 6.10 Å². The maximum Gasteiger partial charge on any atom is 0.227 e. The van der Waals surface area contributed by atoms with Crippen LogP contribution in [0.4, 0.5) is 11.8 Å². The van der Waals surface area contributed by atoms with E-state index in [0.717, 1.165) is 57.7 Å². The number of piperidine rings is 1. The molecule has 2 atom stereocenters. The molecule has 2 aliphatic rings. The fourth-order valence-electron chi connectivity index (χ4n) is 4.38. The molecule has 156 valence electrons. The Kier molecular flexibility index (Phi) is 6.28. The highest BCUT2D eigenvalue weighted by molar-refractivity contribution is 5.43. The number of aliphatic hydroxyl groups is 1. The molecule has 2 fully saturated rings. The molecule has 3 N–H and O–H groups in total. The molecule has 0 spiro atoms.